The third-order valence-corrected chi connectivity index (χ3v) is 5.85. The molecule has 1 aromatic rings. The zero-order chi connectivity index (χ0) is 21.0. The summed E-state index contributed by atoms with van der Waals surface area (Å²) < 4.78 is 0. The Morgan fingerprint density at radius 3 is 2.62 bits per heavy atom. The fraction of sp³-hybridized carbons (Fsp3) is 0.571. The number of nitrogens with two attached hydrogens (primary N) is 1. The van der Waals surface area contributed by atoms with Gasteiger partial charge in [0, 0.05) is 18.5 Å². The van der Waals surface area contributed by atoms with E-state index in [1.54, 1.807) is 6.92 Å². The smallest absolute Gasteiger partial charge is 0.326 e. The lowest BCUT2D eigenvalue weighted by molar-refractivity contribution is -0.149. The van der Waals surface area contributed by atoms with Crippen LogP contribution in [-0.2, 0) is 14.4 Å². The lowest BCUT2D eigenvalue weighted by Crippen LogP contribution is -2.55. The zero-order valence-electron chi connectivity index (χ0n) is 16.7. The minimum Gasteiger partial charge on any atom is -0.480 e. The minimum atomic E-state index is -1.02. The molecule has 0 aliphatic carbocycles. The minimum absolute atomic E-state index is 0.0457. The van der Waals surface area contributed by atoms with Crippen LogP contribution in [0.4, 0.5) is 0 Å². The van der Waals surface area contributed by atoms with Crippen LogP contribution in [0.2, 0.25) is 0 Å². The molecule has 158 valence electrons. The first kappa shape index (κ1) is 21.3. The number of aliphatic carboxylic acids is 1. The fourth-order valence-electron chi connectivity index (χ4n) is 4.25. The van der Waals surface area contributed by atoms with Gasteiger partial charge in [0.25, 0.3) is 0 Å². The van der Waals surface area contributed by atoms with E-state index >= 15 is 0 Å². The lowest BCUT2D eigenvalue weighted by Gasteiger charge is -2.29. The van der Waals surface area contributed by atoms with Gasteiger partial charge in [-0.2, -0.15) is 0 Å². The number of amides is 2. The third-order valence-electron chi connectivity index (χ3n) is 5.85. The summed E-state index contributed by atoms with van der Waals surface area (Å²) in [6.45, 7) is 2.76. The second kappa shape index (κ2) is 9.37. The first-order chi connectivity index (χ1) is 13.9. The summed E-state index contributed by atoms with van der Waals surface area (Å²) in [6, 6.07) is 7.31. The van der Waals surface area contributed by atoms with E-state index in [-0.39, 0.29) is 17.9 Å². The van der Waals surface area contributed by atoms with Crippen molar-refractivity contribution in [1.29, 1.82) is 0 Å². The van der Waals surface area contributed by atoms with E-state index in [4.69, 9.17) is 5.73 Å². The van der Waals surface area contributed by atoms with E-state index in [1.807, 2.05) is 30.3 Å². The molecule has 2 fully saturated rings. The third kappa shape index (κ3) is 5.13. The Bertz CT molecular complexity index is 733. The molecule has 8 heteroatoms. The van der Waals surface area contributed by atoms with Crippen LogP contribution in [-0.4, -0.2) is 65.0 Å². The van der Waals surface area contributed by atoms with Gasteiger partial charge in [-0.3, -0.25) is 9.59 Å². The summed E-state index contributed by atoms with van der Waals surface area (Å²) in [7, 11) is 0. The molecule has 2 aliphatic heterocycles. The molecular weight excluding hydrogens is 372 g/mol. The van der Waals surface area contributed by atoms with Gasteiger partial charge in [0.05, 0.1) is 6.04 Å². The first-order valence-corrected chi connectivity index (χ1v) is 10.2. The van der Waals surface area contributed by atoms with Gasteiger partial charge in [-0.1, -0.05) is 30.3 Å². The largest absolute Gasteiger partial charge is 0.480 e. The molecule has 8 nitrogen and oxygen atoms in total. The van der Waals surface area contributed by atoms with Crippen LogP contribution in [0.3, 0.4) is 0 Å². The van der Waals surface area contributed by atoms with Gasteiger partial charge in [0.2, 0.25) is 11.8 Å². The highest BCUT2D eigenvalue weighted by molar-refractivity contribution is 5.92. The Kier molecular flexibility index (Phi) is 6.87. The van der Waals surface area contributed by atoms with Crippen molar-refractivity contribution < 1.29 is 19.5 Å². The molecule has 0 bridgehead atoms. The van der Waals surface area contributed by atoms with Crippen molar-refractivity contribution >= 4 is 17.8 Å². The van der Waals surface area contributed by atoms with Crippen LogP contribution in [0.5, 0.6) is 0 Å². The van der Waals surface area contributed by atoms with Crippen LogP contribution in [0.1, 0.15) is 44.1 Å². The number of carbonyl (C=O) groups is 3. The van der Waals surface area contributed by atoms with Gasteiger partial charge in [-0.05, 0) is 44.7 Å². The molecule has 2 heterocycles. The number of hydrogen-bond acceptors (Lipinski definition) is 5. The van der Waals surface area contributed by atoms with Gasteiger partial charge >= 0.3 is 5.97 Å². The van der Waals surface area contributed by atoms with Crippen molar-refractivity contribution in [2.75, 3.05) is 13.1 Å². The van der Waals surface area contributed by atoms with Crippen LogP contribution < -0.4 is 16.4 Å². The zero-order valence-corrected chi connectivity index (χ0v) is 16.7. The van der Waals surface area contributed by atoms with E-state index in [2.05, 4.69) is 10.6 Å². The summed E-state index contributed by atoms with van der Waals surface area (Å²) in [4.78, 5) is 38.9. The lowest BCUT2D eigenvalue weighted by atomic mass is 9.96. The number of carboxylic acid groups (broad SMARTS) is 1. The molecule has 0 saturated carbocycles. The standard InChI is InChI=1S/C21H30N4O4/c1-13(22)19(26)24-17(11-16-8-5-9-23-16)20(27)25-12-15(10-18(25)21(28)29)14-6-3-2-4-7-14/h2-4,6-7,13,15-18,23H,5,8-12,22H2,1H3,(H,24,26)(H,28,29). The number of nitrogens with one attached hydrogen (secondary N) is 2. The Hall–Kier alpha value is -2.45. The highest BCUT2D eigenvalue weighted by Gasteiger charge is 2.43. The van der Waals surface area contributed by atoms with Crippen LogP contribution in [0.25, 0.3) is 0 Å². The average molecular weight is 402 g/mol. The van der Waals surface area contributed by atoms with Crippen molar-refractivity contribution in [1.82, 2.24) is 15.5 Å². The van der Waals surface area contributed by atoms with E-state index < -0.39 is 30.0 Å². The Morgan fingerprint density at radius 2 is 2.03 bits per heavy atom. The predicted molar refractivity (Wildman–Crippen MR) is 108 cm³/mol. The number of benzene rings is 1. The monoisotopic (exact) mass is 402 g/mol. The SMILES string of the molecule is CC(N)C(=O)NC(CC1CCCN1)C(=O)N1CC(c2ccccc2)CC1C(=O)O. The van der Waals surface area contributed by atoms with Crippen molar-refractivity contribution in [2.45, 2.75) is 62.7 Å². The van der Waals surface area contributed by atoms with Crippen molar-refractivity contribution in [3.8, 4) is 0 Å². The number of rotatable bonds is 7. The summed E-state index contributed by atoms with van der Waals surface area (Å²) in [5.74, 6) is -1.82. The number of hydrogen-bond donors (Lipinski definition) is 4. The molecule has 5 N–H and O–H groups in total. The maximum atomic E-state index is 13.4. The highest BCUT2D eigenvalue weighted by Crippen LogP contribution is 2.32. The Balaban J connectivity index is 1.79. The molecule has 5 unspecified atom stereocenters. The molecule has 0 radical (unpaired) electrons. The van der Waals surface area contributed by atoms with Crippen molar-refractivity contribution in [3.05, 3.63) is 35.9 Å². The second-order valence-electron chi connectivity index (χ2n) is 8.07. The van der Waals surface area contributed by atoms with E-state index in [9.17, 15) is 19.5 Å². The predicted octanol–water partition coefficient (Wildman–Crippen LogP) is 0.430. The summed E-state index contributed by atoms with van der Waals surface area (Å²) in [5, 5.41) is 15.8. The van der Waals surface area contributed by atoms with Gasteiger partial charge in [0.15, 0.2) is 0 Å². The molecule has 2 amide bonds. The number of carbonyl (C=O) groups excluding carboxylic acids is 2. The molecular formula is C21H30N4O4. The maximum absolute atomic E-state index is 13.4. The van der Waals surface area contributed by atoms with Gasteiger partial charge in [-0.15, -0.1) is 0 Å². The van der Waals surface area contributed by atoms with Crippen LogP contribution >= 0.6 is 0 Å². The maximum Gasteiger partial charge on any atom is 0.326 e. The van der Waals surface area contributed by atoms with Gasteiger partial charge in [-0.25, -0.2) is 4.79 Å². The molecule has 2 saturated heterocycles. The highest BCUT2D eigenvalue weighted by atomic mass is 16.4. The molecule has 3 rings (SSSR count). The summed E-state index contributed by atoms with van der Waals surface area (Å²) in [6.07, 6.45) is 2.73. The van der Waals surface area contributed by atoms with Crippen LogP contribution in [0, 0.1) is 0 Å². The molecule has 29 heavy (non-hydrogen) atoms. The average Bonchev–Trinajstić information content (AvgIpc) is 3.37. The van der Waals surface area contributed by atoms with Gasteiger partial charge in [0.1, 0.15) is 12.1 Å². The normalized spacial score (nSPS) is 26.1. The number of likely N-dealkylation sites (tertiary alicyclic amines) is 1. The summed E-state index contributed by atoms with van der Waals surface area (Å²) in [5.41, 5.74) is 6.69. The molecule has 0 spiro atoms. The Morgan fingerprint density at radius 1 is 1.31 bits per heavy atom. The quantitative estimate of drug-likeness (QED) is 0.524. The van der Waals surface area contributed by atoms with E-state index in [0.717, 1.165) is 24.9 Å². The van der Waals surface area contributed by atoms with E-state index in [1.165, 1.54) is 4.90 Å². The van der Waals surface area contributed by atoms with Crippen molar-refractivity contribution in [2.24, 2.45) is 5.73 Å². The molecule has 0 aromatic heterocycles. The molecule has 1 aromatic carbocycles. The topological polar surface area (TPSA) is 125 Å². The van der Waals surface area contributed by atoms with E-state index in [0.29, 0.717) is 19.4 Å². The second-order valence-corrected chi connectivity index (χ2v) is 8.07. The number of nitrogens with zero attached hydrogens (tertiary/aromatic N) is 1. The van der Waals surface area contributed by atoms with Crippen molar-refractivity contribution in [3.63, 3.8) is 0 Å². The first-order valence-electron chi connectivity index (χ1n) is 10.2. The molecule has 5 atom stereocenters. The Labute approximate surface area is 170 Å². The number of carboxylic acids is 1. The fourth-order valence-corrected chi connectivity index (χ4v) is 4.25. The summed E-state index contributed by atoms with van der Waals surface area (Å²) >= 11 is 0. The molecule has 2 aliphatic rings. The van der Waals surface area contributed by atoms with Gasteiger partial charge < -0.3 is 26.4 Å². The van der Waals surface area contributed by atoms with Crippen LogP contribution in [0.15, 0.2) is 30.3 Å².